The summed E-state index contributed by atoms with van der Waals surface area (Å²) in [6.45, 7) is 2.19. The number of nitrogens with zero attached hydrogens (tertiary/aromatic N) is 1. The second kappa shape index (κ2) is 5.13. The Labute approximate surface area is 116 Å². The zero-order chi connectivity index (χ0) is 13.2. The molecule has 0 N–H and O–H groups in total. The summed E-state index contributed by atoms with van der Waals surface area (Å²) in [7, 11) is 0. The first-order valence-corrected chi connectivity index (χ1v) is 7.38. The summed E-state index contributed by atoms with van der Waals surface area (Å²) in [6, 6.07) is 8.48. The van der Waals surface area contributed by atoms with Crippen LogP contribution in [0.5, 0.6) is 0 Å². The van der Waals surface area contributed by atoms with E-state index in [2.05, 4.69) is 29.2 Å². The van der Waals surface area contributed by atoms with Gasteiger partial charge >= 0.3 is 5.97 Å². The highest BCUT2D eigenvalue weighted by Crippen LogP contribution is 2.39. The second-order valence-electron chi connectivity index (χ2n) is 4.58. The predicted octanol–water partition coefficient (Wildman–Crippen LogP) is 3.40. The Balaban J connectivity index is 1.87. The molecule has 3 rings (SSSR count). The summed E-state index contributed by atoms with van der Waals surface area (Å²) >= 11 is 1.55. The Morgan fingerprint density at radius 2 is 2.32 bits per heavy atom. The summed E-state index contributed by atoms with van der Waals surface area (Å²) < 4.78 is 4.98. The van der Waals surface area contributed by atoms with Crippen LogP contribution in [0.25, 0.3) is 0 Å². The van der Waals surface area contributed by atoms with Gasteiger partial charge in [-0.2, -0.15) is 0 Å². The van der Waals surface area contributed by atoms with E-state index in [0.717, 1.165) is 17.8 Å². The van der Waals surface area contributed by atoms with Crippen LogP contribution in [-0.4, -0.2) is 17.6 Å². The van der Waals surface area contributed by atoms with Crippen LogP contribution < -0.4 is 0 Å². The lowest BCUT2D eigenvalue weighted by atomic mass is 10.0. The Morgan fingerprint density at radius 3 is 3.16 bits per heavy atom. The Hall–Kier alpha value is -1.68. The molecule has 0 aliphatic heterocycles. The maximum Gasteiger partial charge on any atom is 0.357 e. The zero-order valence-electron chi connectivity index (χ0n) is 10.8. The summed E-state index contributed by atoms with van der Waals surface area (Å²) in [6.07, 6.45) is 2.17. The largest absolute Gasteiger partial charge is 0.461 e. The summed E-state index contributed by atoms with van der Waals surface area (Å²) in [4.78, 5) is 16.1. The molecule has 4 heteroatoms. The van der Waals surface area contributed by atoms with Gasteiger partial charge in [-0.25, -0.2) is 9.78 Å². The number of aryl methyl sites for hydroxylation is 1. The van der Waals surface area contributed by atoms with Gasteiger partial charge in [-0.15, -0.1) is 11.3 Å². The van der Waals surface area contributed by atoms with Crippen molar-refractivity contribution in [3.8, 4) is 0 Å². The lowest BCUT2D eigenvalue weighted by Gasteiger charge is -2.07. The van der Waals surface area contributed by atoms with Gasteiger partial charge < -0.3 is 4.74 Å². The molecule has 0 fully saturated rings. The van der Waals surface area contributed by atoms with E-state index in [4.69, 9.17) is 4.74 Å². The van der Waals surface area contributed by atoms with E-state index < -0.39 is 0 Å². The number of benzene rings is 1. The van der Waals surface area contributed by atoms with E-state index in [1.165, 1.54) is 11.1 Å². The van der Waals surface area contributed by atoms with Crippen molar-refractivity contribution in [1.82, 2.24) is 4.98 Å². The van der Waals surface area contributed by atoms with Crippen LogP contribution >= 0.6 is 11.3 Å². The fourth-order valence-electron chi connectivity index (χ4n) is 2.56. The van der Waals surface area contributed by atoms with Crippen LogP contribution in [0.15, 0.2) is 29.6 Å². The number of carbonyl (C=O) groups is 1. The van der Waals surface area contributed by atoms with Gasteiger partial charge in [-0.3, -0.25) is 0 Å². The molecule has 2 aromatic rings. The molecule has 1 aromatic heterocycles. The fourth-order valence-corrected chi connectivity index (χ4v) is 3.50. The van der Waals surface area contributed by atoms with E-state index >= 15 is 0 Å². The first kappa shape index (κ1) is 12.4. The third-order valence-electron chi connectivity index (χ3n) is 3.44. The number of rotatable bonds is 3. The van der Waals surface area contributed by atoms with Gasteiger partial charge in [0.1, 0.15) is 5.01 Å². The van der Waals surface area contributed by atoms with E-state index in [-0.39, 0.29) is 5.97 Å². The number of fused-ring (bicyclic) bond motifs is 1. The molecule has 3 nitrogen and oxygen atoms in total. The third-order valence-corrected chi connectivity index (χ3v) is 4.40. The van der Waals surface area contributed by atoms with Crippen LogP contribution in [-0.2, 0) is 11.2 Å². The molecule has 0 saturated carbocycles. The molecule has 0 spiro atoms. The van der Waals surface area contributed by atoms with E-state index in [9.17, 15) is 4.79 Å². The number of hydrogen-bond acceptors (Lipinski definition) is 4. The van der Waals surface area contributed by atoms with Gasteiger partial charge in [0.2, 0.25) is 0 Å². The van der Waals surface area contributed by atoms with Gasteiger partial charge in [0.15, 0.2) is 5.69 Å². The van der Waals surface area contributed by atoms with E-state index in [0.29, 0.717) is 18.2 Å². The number of esters is 1. The lowest BCUT2D eigenvalue weighted by molar-refractivity contribution is 0.0520. The Morgan fingerprint density at radius 1 is 1.47 bits per heavy atom. The molecule has 0 radical (unpaired) electrons. The van der Waals surface area contributed by atoms with Crippen LogP contribution in [0.4, 0.5) is 0 Å². The van der Waals surface area contributed by atoms with Crippen molar-refractivity contribution in [3.05, 3.63) is 51.5 Å². The van der Waals surface area contributed by atoms with Crippen LogP contribution in [0.1, 0.15) is 45.9 Å². The summed E-state index contributed by atoms with van der Waals surface area (Å²) in [5.41, 5.74) is 3.19. The zero-order valence-corrected chi connectivity index (χ0v) is 11.6. The summed E-state index contributed by atoms with van der Waals surface area (Å²) in [5.74, 6) is 0.0145. The average Bonchev–Trinajstić information content (AvgIpc) is 3.05. The molecule has 1 unspecified atom stereocenters. The van der Waals surface area contributed by atoms with Crippen molar-refractivity contribution in [3.63, 3.8) is 0 Å². The minimum absolute atomic E-state index is 0.323. The lowest BCUT2D eigenvalue weighted by Crippen LogP contribution is -2.05. The fraction of sp³-hybridized carbons (Fsp3) is 0.333. The normalized spacial score (nSPS) is 17.2. The Kier molecular flexibility index (Phi) is 3.34. The molecule has 98 valence electrons. The highest BCUT2D eigenvalue weighted by Gasteiger charge is 2.26. The maximum atomic E-state index is 11.6. The average molecular weight is 273 g/mol. The van der Waals surface area contributed by atoms with Gasteiger partial charge in [0.05, 0.1) is 6.61 Å². The van der Waals surface area contributed by atoms with Crippen molar-refractivity contribution in [2.24, 2.45) is 0 Å². The van der Waals surface area contributed by atoms with Gasteiger partial charge in [-0.1, -0.05) is 24.3 Å². The van der Waals surface area contributed by atoms with Gasteiger partial charge in [0.25, 0.3) is 0 Å². The number of thiazole rings is 1. The monoisotopic (exact) mass is 273 g/mol. The van der Waals surface area contributed by atoms with Gasteiger partial charge in [-0.05, 0) is 30.9 Å². The first-order valence-electron chi connectivity index (χ1n) is 6.50. The topological polar surface area (TPSA) is 39.2 Å². The van der Waals surface area contributed by atoms with Crippen LogP contribution in [0.3, 0.4) is 0 Å². The summed E-state index contributed by atoms with van der Waals surface area (Å²) in [5, 5.41) is 2.82. The van der Waals surface area contributed by atoms with E-state index in [1.807, 2.05) is 0 Å². The molecule has 1 aliphatic carbocycles. The minimum atomic E-state index is -0.323. The molecule has 1 aliphatic rings. The molecular weight excluding hydrogens is 258 g/mol. The smallest absolute Gasteiger partial charge is 0.357 e. The second-order valence-corrected chi connectivity index (χ2v) is 5.47. The van der Waals surface area contributed by atoms with E-state index in [1.54, 1.807) is 23.6 Å². The van der Waals surface area contributed by atoms with Crippen molar-refractivity contribution in [2.45, 2.75) is 25.7 Å². The maximum absolute atomic E-state index is 11.6. The number of carbonyl (C=O) groups excluding carboxylic acids is 1. The number of ether oxygens (including phenoxy) is 1. The van der Waals surface area contributed by atoms with Crippen LogP contribution in [0.2, 0.25) is 0 Å². The quantitative estimate of drug-likeness (QED) is 0.805. The molecule has 0 amide bonds. The highest BCUT2D eigenvalue weighted by molar-refractivity contribution is 7.10. The molecule has 0 saturated heterocycles. The van der Waals surface area contributed by atoms with Crippen molar-refractivity contribution in [2.75, 3.05) is 6.61 Å². The minimum Gasteiger partial charge on any atom is -0.461 e. The number of aromatic nitrogens is 1. The number of hydrogen-bond donors (Lipinski definition) is 0. The predicted molar refractivity (Wildman–Crippen MR) is 74.7 cm³/mol. The van der Waals surface area contributed by atoms with Gasteiger partial charge in [0, 0.05) is 11.3 Å². The first-order chi connectivity index (χ1) is 9.29. The Bertz CT molecular complexity index is 606. The highest BCUT2D eigenvalue weighted by atomic mass is 32.1. The SMILES string of the molecule is CCOC(=O)c1csc(C2CCc3ccccc32)n1. The molecule has 1 heterocycles. The molecule has 1 atom stereocenters. The van der Waals surface area contributed by atoms with Crippen LogP contribution in [0, 0.1) is 0 Å². The van der Waals surface area contributed by atoms with Crippen molar-refractivity contribution < 1.29 is 9.53 Å². The molecule has 19 heavy (non-hydrogen) atoms. The molecule has 1 aromatic carbocycles. The van der Waals surface area contributed by atoms with Crippen molar-refractivity contribution >= 4 is 17.3 Å². The molecular formula is C15H15NO2S. The van der Waals surface area contributed by atoms with Crippen molar-refractivity contribution in [1.29, 1.82) is 0 Å². The standard InChI is InChI=1S/C15H15NO2S/c1-2-18-15(17)13-9-19-14(16-13)12-8-7-10-5-3-4-6-11(10)12/h3-6,9,12H,2,7-8H2,1H3. The third kappa shape index (κ3) is 2.28. The molecule has 0 bridgehead atoms.